The van der Waals surface area contributed by atoms with E-state index in [0.717, 1.165) is 5.12 Å². The van der Waals surface area contributed by atoms with E-state index >= 15 is 0 Å². The molecule has 9 heteroatoms. The lowest BCUT2D eigenvalue weighted by Gasteiger charge is -2.23. The van der Waals surface area contributed by atoms with Gasteiger partial charge in [-0.1, -0.05) is 6.07 Å². The van der Waals surface area contributed by atoms with E-state index in [9.17, 15) is 9.59 Å². The number of nitrogens with one attached hydrogen (secondary N) is 1. The molecule has 0 spiro atoms. The van der Waals surface area contributed by atoms with Crippen LogP contribution in [0.15, 0.2) is 40.5 Å². The highest BCUT2D eigenvalue weighted by Gasteiger charge is 2.30. The highest BCUT2D eigenvalue weighted by Crippen LogP contribution is 2.09. The van der Waals surface area contributed by atoms with Crippen LogP contribution in [0.2, 0.25) is 0 Å². The molecule has 2 aromatic rings. The number of aromatic nitrogens is 2. The lowest BCUT2D eigenvalue weighted by atomic mass is 10.3. The van der Waals surface area contributed by atoms with Gasteiger partial charge in [-0.05, 0) is 19.1 Å². The zero-order valence-corrected chi connectivity index (χ0v) is 12.1. The van der Waals surface area contributed by atoms with Gasteiger partial charge in [0.15, 0.2) is 5.84 Å². The van der Waals surface area contributed by atoms with Crippen LogP contribution >= 0.6 is 0 Å². The fraction of sp³-hybridized carbons (Fsp3) is 0.231. The van der Waals surface area contributed by atoms with E-state index in [1.165, 1.54) is 15.6 Å². The number of hydrazine groups is 2. The molecular formula is C13H14N6O3. The number of ether oxygens (including phenoxy) is 1. The highest BCUT2D eigenvalue weighted by molar-refractivity contribution is 5.99. The third kappa shape index (κ3) is 2.12. The fourth-order valence-electron chi connectivity index (χ4n) is 2.09. The van der Waals surface area contributed by atoms with Gasteiger partial charge in [0.2, 0.25) is 0 Å². The summed E-state index contributed by atoms with van der Waals surface area (Å²) in [4.78, 5) is 28.5. The molecule has 1 aliphatic rings. The van der Waals surface area contributed by atoms with E-state index < -0.39 is 6.09 Å². The van der Waals surface area contributed by atoms with Gasteiger partial charge in [0, 0.05) is 19.4 Å². The molecule has 0 aromatic carbocycles. The number of hydrazone groups is 1. The van der Waals surface area contributed by atoms with Crippen molar-refractivity contribution >= 4 is 17.6 Å². The van der Waals surface area contributed by atoms with Crippen LogP contribution < -0.4 is 11.1 Å². The van der Waals surface area contributed by atoms with Gasteiger partial charge in [0.25, 0.3) is 5.56 Å². The Bertz CT molecular complexity index is 815. The minimum Gasteiger partial charge on any atom is -0.447 e. The molecule has 0 fully saturated rings. The van der Waals surface area contributed by atoms with Crippen LogP contribution in [0.3, 0.4) is 0 Å². The number of carbonyl (C=O) groups excluding carboxylic acids is 1. The van der Waals surface area contributed by atoms with Crippen LogP contribution in [0.25, 0.3) is 5.65 Å². The van der Waals surface area contributed by atoms with Crippen LogP contribution in [-0.4, -0.2) is 45.1 Å². The number of fused-ring (bicyclic) bond motifs is 1. The van der Waals surface area contributed by atoms with Crippen molar-refractivity contribution in [2.24, 2.45) is 5.10 Å². The van der Waals surface area contributed by atoms with Gasteiger partial charge in [-0.15, -0.1) is 10.2 Å². The first-order valence-electron chi connectivity index (χ1n) is 6.64. The van der Waals surface area contributed by atoms with E-state index in [0.29, 0.717) is 5.65 Å². The van der Waals surface area contributed by atoms with E-state index in [4.69, 9.17) is 4.74 Å². The Kier molecular flexibility index (Phi) is 3.37. The quantitative estimate of drug-likeness (QED) is 0.851. The summed E-state index contributed by atoms with van der Waals surface area (Å²) in [6.45, 7) is 1.94. The largest absolute Gasteiger partial charge is 0.450 e. The number of nitrogens with zero attached hydrogens (tertiary/aromatic N) is 5. The van der Waals surface area contributed by atoms with Gasteiger partial charge in [-0.25, -0.2) is 14.8 Å². The molecule has 0 saturated carbocycles. The normalized spacial score (nSPS) is 14.0. The van der Waals surface area contributed by atoms with Gasteiger partial charge < -0.3 is 4.74 Å². The molecule has 1 aliphatic heterocycles. The standard InChI is InChI=1S/C13H14N6O3/c1-3-22-13(21)19-16-15-11(17(19)2)9-8-14-10-6-4-5-7-18(10)12(9)20/h4-8,16H,3H2,1-2H3. The van der Waals surface area contributed by atoms with Crippen LogP contribution in [0, 0.1) is 0 Å². The number of pyridine rings is 1. The van der Waals surface area contributed by atoms with Crippen molar-refractivity contribution in [2.75, 3.05) is 13.7 Å². The van der Waals surface area contributed by atoms with E-state index in [2.05, 4.69) is 15.6 Å². The van der Waals surface area contributed by atoms with Crippen LogP contribution in [0.4, 0.5) is 4.79 Å². The fourth-order valence-corrected chi connectivity index (χ4v) is 2.09. The molecule has 0 unspecified atom stereocenters. The average Bonchev–Trinajstić information content (AvgIpc) is 2.90. The third-order valence-electron chi connectivity index (χ3n) is 3.15. The summed E-state index contributed by atoms with van der Waals surface area (Å²) in [5.74, 6) is 0.281. The van der Waals surface area contributed by atoms with Gasteiger partial charge in [0.05, 0.1) is 6.61 Å². The Labute approximate surface area is 125 Å². The summed E-state index contributed by atoms with van der Waals surface area (Å²) in [6, 6.07) is 5.27. The second kappa shape index (κ2) is 5.35. The number of carbonyl (C=O) groups is 1. The second-order valence-corrected chi connectivity index (χ2v) is 4.48. The molecule has 3 heterocycles. The Morgan fingerprint density at radius 3 is 3.00 bits per heavy atom. The molecule has 22 heavy (non-hydrogen) atoms. The monoisotopic (exact) mass is 302 g/mol. The molecule has 9 nitrogen and oxygen atoms in total. The van der Waals surface area contributed by atoms with Crippen molar-refractivity contribution in [1.29, 1.82) is 0 Å². The minimum atomic E-state index is -0.613. The molecule has 0 saturated heterocycles. The molecule has 1 amide bonds. The first-order chi connectivity index (χ1) is 10.6. The van der Waals surface area contributed by atoms with E-state index in [1.54, 1.807) is 38.4 Å². The van der Waals surface area contributed by atoms with Crippen molar-refractivity contribution in [1.82, 2.24) is 25.0 Å². The van der Waals surface area contributed by atoms with Crippen molar-refractivity contribution in [3.05, 3.63) is 46.5 Å². The summed E-state index contributed by atoms with van der Waals surface area (Å²) >= 11 is 0. The minimum absolute atomic E-state index is 0.236. The highest BCUT2D eigenvalue weighted by atomic mass is 16.6. The summed E-state index contributed by atoms with van der Waals surface area (Å²) < 4.78 is 6.31. The SMILES string of the molecule is CCOC(=O)N1NN=C(c2cnc3ccccn3c2=O)N1C. The predicted molar refractivity (Wildman–Crippen MR) is 77.8 cm³/mol. The topological polar surface area (TPSA) is 91.5 Å². The summed E-state index contributed by atoms with van der Waals surface area (Å²) in [7, 11) is 1.59. The van der Waals surface area contributed by atoms with Crippen molar-refractivity contribution in [3.8, 4) is 0 Å². The summed E-state index contributed by atoms with van der Waals surface area (Å²) in [5, 5.41) is 6.47. The Morgan fingerprint density at radius 1 is 1.41 bits per heavy atom. The lowest BCUT2D eigenvalue weighted by molar-refractivity contribution is 0.0204. The number of hydrogen-bond donors (Lipinski definition) is 1. The molecular weight excluding hydrogens is 288 g/mol. The molecule has 114 valence electrons. The number of amides is 1. The molecule has 1 N–H and O–H groups in total. The predicted octanol–water partition coefficient (Wildman–Crippen LogP) is 0.180. The van der Waals surface area contributed by atoms with E-state index in [-0.39, 0.29) is 23.6 Å². The van der Waals surface area contributed by atoms with Gasteiger partial charge in [-0.2, -0.15) is 5.53 Å². The zero-order valence-electron chi connectivity index (χ0n) is 12.1. The Balaban J connectivity index is 1.97. The first-order valence-corrected chi connectivity index (χ1v) is 6.64. The van der Waals surface area contributed by atoms with Crippen LogP contribution in [0.5, 0.6) is 0 Å². The molecule has 2 aromatic heterocycles. The molecule has 0 atom stereocenters. The number of hydrogen-bond acceptors (Lipinski definition) is 7. The smallest absolute Gasteiger partial charge is 0.447 e. The molecule has 3 rings (SSSR count). The number of amidine groups is 1. The zero-order chi connectivity index (χ0) is 15.7. The first kappa shape index (κ1) is 13.9. The number of rotatable bonds is 2. The van der Waals surface area contributed by atoms with Gasteiger partial charge >= 0.3 is 6.09 Å². The maximum atomic E-state index is 12.5. The van der Waals surface area contributed by atoms with Crippen LogP contribution in [0.1, 0.15) is 12.5 Å². The maximum Gasteiger partial charge on any atom is 0.450 e. The van der Waals surface area contributed by atoms with Gasteiger partial charge in [-0.3, -0.25) is 9.20 Å². The molecule has 0 bridgehead atoms. The Morgan fingerprint density at radius 2 is 2.23 bits per heavy atom. The van der Waals surface area contributed by atoms with Gasteiger partial charge in [0.1, 0.15) is 11.2 Å². The van der Waals surface area contributed by atoms with Crippen molar-refractivity contribution in [3.63, 3.8) is 0 Å². The molecule has 0 radical (unpaired) electrons. The molecule has 0 aliphatic carbocycles. The van der Waals surface area contributed by atoms with Crippen molar-refractivity contribution in [2.45, 2.75) is 6.92 Å². The third-order valence-corrected chi connectivity index (χ3v) is 3.15. The summed E-state index contributed by atoms with van der Waals surface area (Å²) in [6.07, 6.45) is 2.45. The lowest BCUT2D eigenvalue weighted by Crippen LogP contribution is -2.48. The maximum absolute atomic E-state index is 12.5. The Hall–Kier alpha value is -3.10. The van der Waals surface area contributed by atoms with E-state index in [1.807, 2.05) is 0 Å². The average molecular weight is 302 g/mol. The second-order valence-electron chi connectivity index (χ2n) is 4.48. The summed E-state index contributed by atoms with van der Waals surface area (Å²) in [5.41, 5.74) is 3.04. The van der Waals surface area contributed by atoms with Crippen LogP contribution in [-0.2, 0) is 4.74 Å². The van der Waals surface area contributed by atoms with Crippen molar-refractivity contribution < 1.29 is 9.53 Å².